The number of anilines is 1. The molecule has 2 aromatic carbocycles. The fourth-order valence-corrected chi connectivity index (χ4v) is 8.18. The number of aromatic nitrogens is 1. The van der Waals surface area contributed by atoms with Gasteiger partial charge in [0.1, 0.15) is 17.6 Å². The Bertz CT molecular complexity index is 1600. The molecule has 2 saturated heterocycles. The summed E-state index contributed by atoms with van der Waals surface area (Å²) in [6.07, 6.45) is -4.69. The molecule has 0 spiro atoms. The Morgan fingerprint density at radius 1 is 1.00 bits per heavy atom. The van der Waals surface area contributed by atoms with Gasteiger partial charge in [-0.2, -0.15) is 13.2 Å². The highest BCUT2D eigenvalue weighted by Crippen LogP contribution is 2.54. The Balaban J connectivity index is 1.43. The van der Waals surface area contributed by atoms with Crippen LogP contribution in [0, 0.1) is 11.7 Å². The summed E-state index contributed by atoms with van der Waals surface area (Å²) >= 11 is 1.79. The molecule has 0 bridgehead atoms. The summed E-state index contributed by atoms with van der Waals surface area (Å²) < 4.78 is 60.7. The third-order valence-corrected chi connectivity index (χ3v) is 9.97. The molecule has 2 unspecified atom stereocenters. The van der Waals surface area contributed by atoms with E-state index in [1.165, 1.54) is 34.9 Å². The van der Waals surface area contributed by atoms with Crippen LogP contribution < -0.4 is 9.77 Å². The van der Waals surface area contributed by atoms with E-state index in [9.17, 15) is 36.7 Å². The van der Waals surface area contributed by atoms with Gasteiger partial charge in [-0.25, -0.2) is 9.29 Å². The largest absolute Gasteiger partial charge is 0.416 e. The van der Waals surface area contributed by atoms with E-state index in [0.717, 1.165) is 46.2 Å². The Morgan fingerprint density at radius 3 is 2.39 bits per heavy atom. The molecule has 6 rings (SSSR count). The summed E-state index contributed by atoms with van der Waals surface area (Å²) in [5.74, 6) is -4.22. The van der Waals surface area contributed by atoms with Gasteiger partial charge < -0.3 is 9.64 Å². The second-order valence-corrected chi connectivity index (χ2v) is 11.9. The average molecular weight is 608 g/mol. The van der Waals surface area contributed by atoms with Crippen molar-refractivity contribution in [2.45, 2.75) is 28.9 Å². The first-order valence-electron chi connectivity index (χ1n) is 12.6. The summed E-state index contributed by atoms with van der Waals surface area (Å²) in [7, 11) is 0. The number of thiazole rings is 1. The minimum Gasteiger partial charge on any atom is -0.378 e. The number of morpholine rings is 1. The lowest BCUT2D eigenvalue weighted by atomic mass is 9.83. The molecule has 2 fully saturated rings. The molecule has 0 radical (unpaired) electrons. The number of amides is 3. The van der Waals surface area contributed by atoms with E-state index in [1.807, 2.05) is 0 Å². The number of nitrogens with zero attached hydrogens (tertiary/aromatic N) is 3. The first kappa shape index (κ1) is 27.7. The zero-order valence-corrected chi connectivity index (χ0v) is 22.7. The number of hydrogen-bond acceptors (Lipinski definition) is 7. The van der Waals surface area contributed by atoms with Crippen LogP contribution in [0.15, 0.2) is 58.4 Å². The van der Waals surface area contributed by atoms with Crippen LogP contribution in [0.5, 0.6) is 0 Å². The number of fused-ring (bicyclic) bond motifs is 2. The van der Waals surface area contributed by atoms with Crippen molar-refractivity contribution in [3.05, 3.63) is 80.0 Å². The van der Waals surface area contributed by atoms with Crippen molar-refractivity contribution in [2.24, 2.45) is 5.92 Å². The summed E-state index contributed by atoms with van der Waals surface area (Å²) in [4.78, 5) is 56.1. The second kappa shape index (κ2) is 10.4. The number of benzene rings is 2. The van der Waals surface area contributed by atoms with Crippen LogP contribution in [0.1, 0.15) is 21.9 Å². The molecule has 0 aliphatic carbocycles. The van der Waals surface area contributed by atoms with Crippen molar-refractivity contribution in [1.29, 1.82) is 0 Å². The Kier molecular flexibility index (Phi) is 7.02. The number of carbonyl (C=O) groups is 3. The molecule has 8 nitrogen and oxygen atoms in total. The lowest BCUT2D eigenvalue weighted by Crippen LogP contribution is -2.43. The molecule has 14 heteroatoms. The SMILES string of the molecule is O=C(Cn1c2c(sc1=O)[C@H](c1ccc(F)cc1)C1C(=O)N(c3cccc(C(F)(F)F)c3)C(=O)C1S2)N1CCOCC1. The number of hydrogen-bond donors (Lipinski definition) is 0. The minimum absolute atomic E-state index is 0.217. The van der Waals surface area contributed by atoms with E-state index in [1.54, 1.807) is 4.90 Å². The van der Waals surface area contributed by atoms with Gasteiger partial charge in [0.25, 0.3) is 0 Å². The van der Waals surface area contributed by atoms with Crippen LogP contribution in [-0.4, -0.2) is 58.7 Å². The topological polar surface area (TPSA) is 88.9 Å². The number of halogens is 4. The van der Waals surface area contributed by atoms with Crippen LogP contribution >= 0.6 is 23.1 Å². The van der Waals surface area contributed by atoms with Crippen LogP contribution in [-0.2, 0) is 31.8 Å². The first-order valence-corrected chi connectivity index (χ1v) is 14.3. The van der Waals surface area contributed by atoms with Gasteiger partial charge in [0.05, 0.1) is 35.4 Å². The third kappa shape index (κ3) is 4.87. The van der Waals surface area contributed by atoms with Gasteiger partial charge >= 0.3 is 11.0 Å². The quantitative estimate of drug-likeness (QED) is 0.332. The molecular weight excluding hydrogens is 586 g/mol. The summed E-state index contributed by atoms with van der Waals surface area (Å²) in [6, 6.07) is 9.27. The zero-order valence-electron chi connectivity index (χ0n) is 21.1. The number of thioether (sulfide) groups is 1. The molecule has 1 aromatic heterocycles. The second-order valence-electron chi connectivity index (χ2n) is 9.77. The van der Waals surface area contributed by atoms with Crippen molar-refractivity contribution in [1.82, 2.24) is 9.47 Å². The number of ether oxygens (including phenoxy) is 1. The van der Waals surface area contributed by atoms with Crippen LogP contribution in [0.2, 0.25) is 0 Å². The van der Waals surface area contributed by atoms with Crippen molar-refractivity contribution < 1.29 is 36.7 Å². The Hall–Kier alpha value is -3.49. The number of alkyl halides is 3. The van der Waals surface area contributed by atoms with Crippen molar-refractivity contribution in [3.63, 3.8) is 0 Å². The van der Waals surface area contributed by atoms with Gasteiger partial charge in [0, 0.05) is 23.9 Å². The maximum Gasteiger partial charge on any atom is 0.416 e. The summed E-state index contributed by atoms with van der Waals surface area (Å²) in [5, 5.41) is -0.748. The lowest BCUT2D eigenvalue weighted by molar-refractivity contribution is -0.138. The van der Waals surface area contributed by atoms with Crippen LogP contribution in [0.3, 0.4) is 0 Å². The number of imide groups is 1. The molecule has 3 amide bonds. The smallest absolute Gasteiger partial charge is 0.378 e. The summed E-state index contributed by atoms with van der Waals surface area (Å²) in [6.45, 7) is 1.19. The highest BCUT2D eigenvalue weighted by atomic mass is 32.2. The summed E-state index contributed by atoms with van der Waals surface area (Å²) in [5.41, 5.74) is -0.767. The van der Waals surface area contributed by atoms with E-state index in [-0.39, 0.29) is 18.1 Å². The van der Waals surface area contributed by atoms with Gasteiger partial charge in [-0.3, -0.25) is 23.7 Å². The molecule has 4 heterocycles. The Labute approximate surface area is 238 Å². The maximum absolute atomic E-state index is 13.8. The molecule has 3 aliphatic rings. The van der Waals surface area contributed by atoms with E-state index < -0.39 is 51.3 Å². The van der Waals surface area contributed by atoms with E-state index in [4.69, 9.17) is 4.74 Å². The van der Waals surface area contributed by atoms with Gasteiger partial charge in [0.2, 0.25) is 17.7 Å². The van der Waals surface area contributed by atoms with Crippen LogP contribution in [0.4, 0.5) is 23.2 Å². The average Bonchev–Trinajstić information content (AvgIpc) is 3.39. The fraction of sp³-hybridized carbons (Fsp3) is 0.333. The van der Waals surface area contributed by atoms with Gasteiger partial charge in [-0.15, -0.1) is 0 Å². The number of carbonyl (C=O) groups excluding carboxylic acids is 3. The minimum atomic E-state index is -4.69. The van der Waals surface area contributed by atoms with Crippen molar-refractivity contribution >= 4 is 46.5 Å². The number of rotatable bonds is 4. The van der Waals surface area contributed by atoms with E-state index in [0.29, 0.717) is 41.8 Å². The van der Waals surface area contributed by atoms with E-state index >= 15 is 0 Å². The van der Waals surface area contributed by atoms with Crippen molar-refractivity contribution in [3.8, 4) is 0 Å². The Morgan fingerprint density at radius 2 is 1.71 bits per heavy atom. The molecular formula is C27H21F4N3O5S2. The molecule has 214 valence electrons. The van der Waals surface area contributed by atoms with E-state index in [2.05, 4.69) is 0 Å². The highest BCUT2D eigenvalue weighted by molar-refractivity contribution is 8.00. The standard InChI is InChI=1S/C27H21F4N3O5S2/c28-16-6-4-14(5-7-16)19-20-21(24(37)34(23(20)36)17-3-1-2-15(12-17)27(29,30)31)40-25-22(19)41-26(38)33(25)13-18(35)32-8-10-39-11-9-32/h1-7,12,19-21H,8-11,13H2/t19-,20?,21?/m1/s1. The molecule has 41 heavy (non-hydrogen) atoms. The van der Waals surface area contributed by atoms with Gasteiger partial charge in [0.15, 0.2) is 0 Å². The van der Waals surface area contributed by atoms with Gasteiger partial charge in [-0.05, 0) is 35.9 Å². The predicted molar refractivity (Wildman–Crippen MR) is 141 cm³/mol. The molecule has 3 aliphatic heterocycles. The molecule has 0 saturated carbocycles. The fourth-order valence-electron chi connectivity index (χ4n) is 5.41. The first-order chi connectivity index (χ1) is 19.5. The monoisotopic (exact) mass is 607 g/mol. The van der Waals surface area contributed by atoms with Crippen molar-refractivity contribution in [2.75, 3.05) is 31.2 Å². The third-order valence-electron chi connectivity index (χ3n) is 7.37. The zero-order chi connectivity index (χ0) is 29.1. The molecule has 3 aromatic rings. The lowest BCUT2D eigenvalue weighted by Gasteiger charge is -2.31. The maximum atomic E-state index is 13.8. The van der Waals surface area contributed by atoms with Gasteiger partial charge in [-0.1, -0.05) is 41.3 Å². The molecule has 0 N–H and O–H groups in total. The predicted octanol–water partition coefficient (Wildman–Crippen LogP) is 3.72. The normalized spacial score (nSPS) is 22.6. The highest BCUT2D eigenvalue weighted by Gasteiger charge is 2.57. The molecule has 3 atom stereocenters. The van der Waals surface area contributed by atoms with Crippen LogP contribution in [0.25, 0.3) is 0 Å².